The molecule has 1 aliphatic rings. The second kappa shape index (κ2) is 7.25. The number of Topliss-reactive ketones (excluding diaryl/α,β-unsaturated/α-hetero) is 1. The van der Waals surface area contributed by atoms with Crippen LogP contribution in [0.25, 0.3) is 11.0 Å². The summed E-state index contributed by atoms with van der Waals surface area (Å²) in [7, 11) is 1.57. The molecular weight excluding hydrogens is 310 g/mol. The van der Waals surface area contributed by atoms with E-state index in [0.717, 1.165) is 16.6 Å². The lowest BCUT2D eigenvalue weighted by Gasteiger charge is -2.11. The molecule has 2 aromatic rings. The fraction of sp³-hybridized carbons (Fsp3) is 0.412. The van der Waals surface area contributed by atoms with Crippen molar-refractivity contribution in [1.82, 2.24) is 14.9 Å². The van der Waals surface area contributed by atoms with Gasteiger partial charge in [0, 0.05) is 31.6 Å². The molecule has 7 nitrogen and oxygen atoms in total. The molecule has 1 aliphatic heterocycles. The molecule has 0 bridgehead atoms. The number of carbonyl (C=O) groups is 2. The number of hydrogen-bond donors (Lipinski definition) is 0. The van der Waals surface area contributed by atoms with Crippen molar-refractivity contribution in [2.45, 2.75) is 19.3 Å². The van der Waals surface area contributed by atoms with E-state index in [1.165, 1.54) is 0 Å². The molecule has 0 N–H and O–H groups in total. The van der Waals surface area contributed by atoms with Crippen molar-refractivity contribution in [1.29, 1.82) is 0 Å². The molecule has 0 aromatic carbocycles. The van der Waals surface area contributed by atoms with Crippen LogP contribution in [-0.4, -0.2) is 53.6 Å². The second-order valence-electron chi connectivity index (χ2n) is 5.58. The van der Waals surface area contributed by atoms with E-state index in [0.29, 0.717) is 44.8 Å². The third-order valence-corrected chi connectivity index (χ3v) is 4.03. The number of hydrogen-bond acceptors (Lipinski definition) is 6. The Morgan fingerprint density at radius 2 is 2.21 bits per heavy atom. The summed E-state index contributed by atoms with van der Waals surface area (Å²) in [6.45, 7) is 1.38. The topological polar surface area (TPSA) is 81.6 Å². The summed E-state index contributed by atoms with van der Waals surface area (Å²) >= 11 is 0. The van der Waals surface area contributed by atoms with E-state index in [1.807, 2.05) is 12.1 Å². The Balaban J connectivity index is 1.60. The minimum absolute atomic E-state index is 0.113. The van der Waals surface area contributed by atoms with Crippen molar-refractivity contribution in [3.05, 3.63) is 30.0 Å². The zero-order chi connectivity index (χ0) is 16.9. The number of ketones is 1. The molecule has 0 aliphatic carbocycles. The zero-order valence-corrected chi connectivity index (χ0v) is 13.5. The van der Waals surface area contributed by atoms with Gasteiger partial charge >= 0.3 is 6.09 Å². The second-order valence-corrected chi connectivity index (χ2v) is 5.58. The SMILES string of the molecule is COc1ccc2nccc(CCC(=O)CCN3CCOC3=O)c2n1. The minimum Gasteiger partial charge on any atom is -0.481 e. The van der Waals surface area contributed by atoms with Crippen LogP contribution >= 0.6 is 0 Å². The summed E-state index contributed by atoms with van der Waals surface area (Å²) in [6, 6.07) is 5.49. The maximum Gasteiger partial charge on any atom is 0.409 e. The van der Waals surface area contributed by atoms with E-state index in [1.54, 1.807) is 24.3 Å². The summed E-state index contributed by atoms with van der Waals surface area (Å²) in [5.41, 5.74) is 2.50. The molecule has 1 fully saturated rings. The van der Waals surface area contributed by atoms with Gasteiger partial charge in [-0.15, -0.1) is 0 Å². The van der Waals surface area contributed by atoms with Crippen LogP contribution in [-0.2, 0) is 16.0 Å². The van der Waals surface area contributed by atoms with Crippen molar-refractivity contribution >= 4 is 22.9 Å². The van der Waals surface area contributed by atoms with Gasteiger partial charge in [-0.3, -0.25) is 9.78 Å². The number of cyclic esters (lactones) is 1. The molecule has 0 spiro atoms. The molecule has 2 aromatic heterocycles. The molecule has 0 unspecified atom stereocenters. The molecule has 7 heteroatoms. The molecule has 126 valence electrons. The fourth-order valence-corrected chi connectivity index (χ4v) is 2.66. The lowest BCUT2D eigenvalue weighted by Crippen LogP contribution is -2.27. The Morgan fingerprint density at radius 3 is 2.96 bits per heavy atom. The van der Waals surface area contributed by atoms with Gasteiger partial charge in [-0.1, -0.05) is 0 Å². The van der Waals surface area contributed by atoms with Gasteiger partial charge in [0.1, 0.15) is 12.4 Å². The van der Waals surface area contributed by atoms with Gasteiger partial charge in [-0.2, -0.15) is 0 Å². The maximum absolute atomic E-state index is 12.1. The molecule has 3 rings (SSSR count). The third-order valence-electron chi connectivity index (χ3n) is 4.03. The smallest absolute Gasteiger partial charge is 0.409 e. The fourth-order valence-electron chi connectivity index (χ4n) is 2.66. The summed E-state index contributed by atoms with van der Waals surface area (Å²) in [4.78, 5) is 33.7. The molecule has 1 amide bonds. The minimum atomic E-state index is -0.334. The first-order chi connectivity index (χ1) is 11.7. The number of pyridine rings is 2. The standard InChI is InChI=1S/C17H19N3O4/c1-23-15-5-4-14-16(19-15)12(6-8-18-14)2-3-13(21)7-9-20-10-11-24-17(20)22/h4-6,8H,2-3,7,9-11H2,1H3. The van der Waals surface area contributed by atoms with Gasteiger partial charge in [-0.05, 0) is 24.1 Å². The van der Waals surface area contributed by atoms with Gasteiger partial charge in [0.25, 0.3) is 0 Å². The van der Waals surface area contributed by atoms with E-state index in [2.05, 4.69) is 9.97 Å². The number of methoxy groups -OCH3 is 1. The van der Waals surface area contributed by atoms with Gasteiger partial charge in [0.15, 0.2) is 0 Å². The monoisotopic (exact) mass is 329 g/mol. The van der Waals surface area contributed by atoms with Gasteiger partial charge in [-0.25, -0.2) is 9.78 Å². The average Bonchev–Trinajstić information content (AvgIpc) is 3.02. The van der Waals surface area contributed by atoms with Crippen LogP contribution < -0.4 is 4.74 Å². The van der Waals surface area contributed by atoms with Crippen molar-refractivity contribution in [3.63, 3.8) is 0 Å². The van der Waals surface area contributed by atoms with Crippen molar-refractivity contribution in [2.75, 3.05) is 26.8 Å². The molecule has 1 saturated heterocycles. The van der Waals surface area contributed by atoms with Crippen LogP contribution in [0.1, 0.15) is 18.4 Å². The van der Waals surface area contributed by atoms with E-state index >= 15 is 0 Å². The van der Waals surface area contributed by atoms with E-state index in [9.17, 15) is 9.59 Å². The predicted octanol–water partition coefficient (Wildman–Crippen LogP) is 1.98. The summed E-state index contributed by atoms with van der Waals surface area (Å²) in [5, 5.41) is 0. The largest absolute Gasteiger partial charge is 0.481 e. The number of carbonyl (C=O) groups excluding carboxylic acids is 2. The van der Waals surface area contributed by atoms with Gasteiger partial charge < -0.3 is 14.4 Å². The Hall–Kier alpha value is -2.70. The van der Waals surface area contributed by atoms with Crippen LogP contribution in [0.2, 0.25) is 0 Å². The summed E-state index contributed by atoms with van der Waals surface area (Å²) in [5.74, 6) is 0.637. The molecule has 0 radical (unpaired) electrons. The van der Waals surface area contributed by atoms with Crippen LogP contribution in [0.3, 0.4) is 0 Å². The Kier molecular flexibility index (Phi) is 4.88. The van der Waals surface area contributed by atoms with Crippen LogP contribution in [0, 0.1) is 0 Å². The Labute approximate surface area is 139 Å². The highest BCUT2D eigenvalue weighted by Gasteiger charge is 2.22. The predicted molar refractivity (Wildman–Crippen MR) is 87.0 cm³/mol. The van der Waals surface area contributed by atoms with Crippen molar-refractivity contribution < 1.29 is 19.1 Å². The average molecular weight is 329 g/mol. The lowest BCUT2D eigenvalue weighted by molar-refractivity contribution is -0.119. The number of amides is 1. The van der Waals surface area contributed by atoms with Crippen LogP contribution in [0.4, 0.5) is 4.79 Å². The van der Waals surface area contributed by atoms with Crippen LogP contribution in [0.15, 0.2) is 24.4 Å². The van der Waals surface area contributed by atoms with Gasteiger partial charge in [0.2, 0.25) is 5.88 Å². The first-order valence-corrected chi connectivity index (χ1v) is 7.89. The highest BCUT2D eigenvalue weighted by molar-refractivity contribution is 5.82. The Bertz CT molecular complexity index is 763. The molecule has 0 saturated carbocycles. The first kappa shape index (κ1) is 16.2. The number of aromatic nitrogens is 2. The Morgan fingerprint density at radius 1 is 1.33 bits per heavy atom. The quantitative estimate of drug-likeness (QED) is 0.772. The normalized spacial score (nSPS) is 14.0. The highest BCUT2D eigenvalue weighted by Crippen LogP contribution is 2.19. The molecule has 0 atom stereocenters. The number of aryl methyl sites for hydroxylation is 1. The van der Waals surface area contributed by atoms with Gasteiger partial charge in [0.05, 0.1) is 24.7 Å². The lowest BCUT2D eigenvalue weighted by atomic mass is 10.1. The van der Waals surface area contributed by atoms with E-state index < -0.39 is 0 Å². The third kappa shape index (κ3) is 3.61. The zero-order valence-electron chi connectivity index (χ0n) is 13.5. The number of rotatable bonds is 7. The molecule has 24 heavy (non-hydrogen) atoms. The number of ether oxygens (including phenoxy) is 2. The molecular formula is C17H19N3O4. The summed E-state index contributed by atoms with van der Waals surface area (Å²) < 4.78 is 10.00. The number of fused-ring (bicyclic) bond motifs is 1. The number of nitrogens with zero attached hydrogens (tertiary/aromatic N) is 3. The van der Waals surface area contributed by atoms with E-state index in [4.69, 9.17) is 9.47 Å². The summed E-state index contributed by atoms with van der Waals surface area (Å²) in [6.07, 6.45) is 2.72. The van der Waals surface area contributed by atoms with Crippen molar-refractivity contribution in [3.8, 4) is 5.88 Å². The molecule has 3 heterocycles. The first-order valence-electron chi connectivity index (χ1n) is 7.89. The maximum atomic E-state index is 12.1. The van der Waals surface area contributed by atoms with E-state index in [-0.39, 0.29) is 11.9 Å². The van der Waals surface area contributed by atoms with Crippen LogP contribution in [0.5, 0.6) is 5.88 Å². The highest BCUT2D eigenvalue weighted by atomic mass is 16.6. The van der Waals surface area contributed by atoms with Crippen molar-refractivity contribution in [2.24, 2.45) is 0 Å².